The molecule has 0 amide bonds. The minimum Gasteiger partial charge on any atom is -0.344 e. The lowest BCUT2D eigenvalue weighted by Crippen LogP contribution is -1.98. The van der Waals surface area contributed by atoms with Gasteiger partial charge in [0, 0.05) is 5.33 Å². The second-order valence-electron chi connectivity index (χ2n) is 7.42. The van der Waals surface area contributed by atoms with Gasteiger partial charge in [0.15, 0.2) is 0 Å². The Hall–Kier alpha value is -0.340. The summed E-state index contributed by atoms with van der Waals surface area (Å²) in [6.45, 7) is 6.82. The number of benzene rings is 1. The quantitative estimate of drug-likeness (QED) is 0.241. The average molecular weight is 413 g/mol. The summed E-state index contributed by atoms with van der Waals surface area (Å²) >= 11 is 3.64. The van der Waals surface area contributed by atoms with Crippen LogP contribution in [-0.2, 0) is 11.8 Å². The predicted octanol–water partition coefficient (Wildman–Crippen LogP) is 8.60. The second kappa shape index (κ2) is 15.9. The summed E-state index contributed by atoms with van der Waals surface area (Å²) in [5.41, 5.74) is 6.03. The van der Waals surface area contributed by atoms with Gasteiger partial charge in [0.2, 0.25) is 0 Å². The van der Waals surface area contributed by atoms with E-state index in [-0.39, 0.29) is 6.15 Å². The van der Waals surface area contributed by atoms with Crippen molar-refractivity contribution in [2.24, 2.45) is 0 Å². The third-order valence-corrected chi connectivity index (χ3v) is 5.99. The van der Waals surface area contributed by atoms with Crippen molar-refractivity contribution in [3.05, 3.63) is 34.4 Å². The van der Waals surface area contributed by atoms with Crippen molar-refractivity contribution < 1.29 is 0 Å². The standard InChI is InChI=1S/C23H39Br.H3N/c1-4-5-6-7-8-9-10-11-12-13-14-15-16-23-21(3)20(2)17-18-22(23)19-24;/h17-18H,4-16,19H2,1-3H3;1H3. The Morgan fingerprint density at radius 3 is 1.68 bits per heavy atom. The molecule has 3 N–H and O–H groups in total. The van der Waals surface area contributed by atoms with E-state index in [0.29, 0.717) is 0 Å². The number of unbranched alkanes of at least 4 members (excludes halogenated alkanes) is 11. The molecule has 0 aromatic heterocycles. The molecular weight excluding hydrogens is 370 g/mol. The van der Waals surface area contributed by atoms with Crippen LogP contribution in [0.25, 0.3) is 0 Å². The van der Waals surface area contributed by atoms with Gasteiger partial charge in [-0.1, -0.05) is 106 Å². The lowest BCUT2D eigenvalue weighted by atomic mass is 9.94. The zero-order chi connectivity index (χ0) is 17.6. The Bertz CT molecular complexity index is 442. The van der Waals surface area contributed by atoms with E-state index in [0.717, 1.165) is 5.33 Å². The van der Waals surface area contributed by atoms with Crippen molar-refractivity contribution in [2.75, 3.05) is 0 Å². The first-order valence-electron chi connectivity index (χ1n) is 10.3. The maximum Gasteiger partial charge on any atom is 0.0285 e. The number of hydrogen-bond donors (Lipinski definition) is 1. The summed E-state index contributed by atoms with van der Waals surface area (Å²) in [4.78, 5) is 0. The Balaban J connectivity index is 0.00000576. The van der Waals surface area contributed by atoms with Crippen LogP contribution in [0.3, 0.4) is 0 Å². The summed E-state index contributed by atoms with van der Waals surface area (Å²) < 4.78 is 0. The van der Waals surface area contributed by atoms with Gasteiger partial charge >= 0.3 is 0 Å². The molecule has 0 aliphatic carbocycles. The van der Waals surface area contributed by atoms with Crippen LogP contribution in [0.15, 0.2) is 12.1 Å². The molecule has 0 saturated heterocycles. The Labute approximate surface area is 166 Å². The minimum absolute atomic E-state index is 0. The lowest BCUT2D eigenvalue weighted by molar-refractivity contribution is 0.544. The van der Waals surface area contributed by atoms with Crippen LogP contribution in [0, 0.1) is 13.8 Å². The van der Waals surface area contributed by atoms with Crippen molar-refractivity contribution in [3.8, 4) is 0 Å². The highest BCUT2D eigenvalue weighted by atomic mass is 79.9. The maximum absolute atomic E-state index is 3.64. The maximum atomic E-state index is 3.64. The SMILES string of the molecule is CCCCCCCCCCCCCCc1c(CBr)ccc(C)c1C.N. The number of rotatable bonds is 14. The molecule has 1 aromatic rings. The van der Waals surface area contributed by atoms with Crippen LogP contribution < -0.4 is 6.15 Å². The molecule has 1 aromatic carbocycles. The molecule has 1 rings (SSSR count). The molecule has 0 radical (unpaired) electrons. The Morgan fingerprint density at radius 2 is 1.20 bits per heavy atom. The van der Waals surface area contributed by atoms with Crippen molar-refractivity contribution in [1.29, 1.82) is 0 Å². The molecular formula is C23H42BrN. The first-order valence-corrected chi connectivity index (χ1v) is 11.5. The molecule has 2 heteroatoms. The van der Waals surface area contributed by atoms with Gasteiger partial charge < -0.3 is 6.15 Å². The van der Waals surface area contributed by atoms with E-state index in [1.54, 1.807) is 5.56 Å². The molecule has 0 bridgehead atoms. The fraction of sp³-hybridized carbons (Fsp3) is 0.739. The van der Waals surface area contributed by atoms with Gasteiger partial charge in [-0.15, -0.1) is 0 Å². The summed E-state index contributed by atoms with van der Waals surface area (Å²) in [5, 5.41) is 0.988. The normalized spacial score (nSPS) is 10.7. The molecule has 0 fully saturated rings. The topological polar surface area (TPSA) is 35.0 Å². The second-order valence-corrected chi connectivity index (χ2v) is 7.98. The van der Waals surface area contributed by atoms with E-state index in [1.807, 2.05) is 0 Å². The van der Waals surface area contributed by atoms with Gasteiger partial charge in [-0.2, -0.15) is 0 Å². The van der Waals surface area contributed by atoms with Crippen LogP contribution >= 0.6 is 15.9 Å². The van der Waals surface area contributed by atoms with Crippen LogP contribution in [0.1, 0.15) is 106 Å². The summed E-state index contributed by atoms with van der Waals surface area (Å²) in [6.07, 6.45) is 18.4. The Morgan fingerprint density at radius 1 is 0.720 bits per heavy atom. The fourth-order valence-corrected chi connectivity index (χ4v) is 4.07. The lowest BCUT2D eigenvalue weighted by Gasteiger charge is -2.13. The number of hydrogen-bond acceptors (Lipinski definition) is 1. The third kappa shape index (κ3) is 10.4. The highest BCUT2D eigenvalue weighted by Crippen LogP contribution is 2.23. The molecule has 0 saturated carbocycles. The first-order chi connectivity index (χ1) is 11.7. The van der Waals surface area contributed by atoms with Crippen molar-refractivity contribution >= 4 is 15.9 Å². The van der Waals surface area contributed by atoms with E-state index in [9.17, 15) is 0 Å². The van der Waals surface area contributed by atoms with Gasteiger partial charge in [0.1, 0.15) is 0 Å². The first kappa shape index (κ1) is 24.7. The smallest absolute Gasteiger partial charge is 0.0285 e. The monoisotopic (exact) mass is 411 g/mol. The van der Waals surface area contributed by atoms with E-state index in [2.05, 4.69) is 48.8 Å². The third-order valence-electron chi connectivity index (χ3n) is 5.39. The fourth-order valence-electron chi connectivity index (χ4n) is 3.55. The van der Waals surface area contributed by atoms with Gasteiger partial charge in [-0.25, -0.2) is 0 Å². The molecule has 0 unspecified atom stereocenters. The molecule has 0 spiro atoms. The van der Waals surface area contributed by atoms with Crippen LogP contribution in [0.2, 0.25) is 0 Å². The average Bonchev–Trinajstić information content (AvgIpc) is 2.59. The van der Waals surface area contributed by atoms with Crippen LogP contribution in [-0.4, -0.2) is 0 Å². The zero-order valence-corrected chi connectivity index (χ0v) is 18.7. The van der Waals surface area contributed by atoms with Gasteiger partial charge in [0.05, 0.1) is 0 Å². The largest absolute Gasteiger partial charge is 0.344 e. The molecule has 0 atom stereocenters. The molecule has 0 heterocycles. The predicted molar refractivity (Wildman–Crippen MR) is 118 cm³/mol. The van der Waals surface area contributed by atoms with E-state index < -0.39 is 0 Å². The van der Waals surface area contributed by atoms with Crippen LogP contribution in [0.5, 0.6) is 0 Å². The molecule has 146 valence electrons. The van der Waals surface area contributed by atoms with E-state index in [1.165, 1.54) is 100 Å². The minimum atomic E-state index is 0. The number of aryl methyl sites for hydroxylation is 1. The van der Waals surface area contributed by atoms with Gasteiger partial charge in [-0.3, -0.25) is 0 Å². The number of alkyl halides is 1. The zero-order valence-electron chi connectivity index (χ0n) is 17.1. The molecule has 0 aliphatic rings. The van der Waals surface area contributed by atoms with Crippen molar-refractivity contribution in [1.82, 2.24) is 6.15 Å². The van der Waals surface area contributed by atoms with E-state index >= 15 is 0 Å². The number of halogens is 1. The molecule has 25 heavy (non-hydrogen) atoms. The summed E-state index contributed by atoms with van der Waals surface area (Å²) in [6, 6.07) is 4.56. The van der Waals surface area contributed by atoms with Crippen molar-refractivity contribution in [3.63, 3.8) is 0 Å². The van der Waals surface area contributed by atoms with Gasteiger partial charge in [-0.05, 0) is 48.9 Å². The summed E-state index contributed by atoms with van der Waals surface area (Å²) in [7, 11) is 0. The Kier molecular flexibility index (Phi) is 15.7. The molecule has 1 nitrogen and oxygen atoms in total. The summed E-state index contributed by atoms with van der Waals surface area (Å²) in [5.74, 6) is 0. The van der Waals surface area contributed by atoms with E-state index in [4.69, 9.17) is 0 Å². The highest BCUT2D eigenvalue weighted by molar-refractivity contribution is 9.08. The van der Waals surface area contributed by atoms with Crippen molar-refractivity contribution in [2.45, 2.75) is 110 Å². The highest BCUT2D eigenvalue weighted by Gasteiger charge is 2.07. The van der Waals surface area contributed by atoms with Gasteiger partial charge in [0.25, 0.3) is 0 Å². The molecule has 0 aliphatic heterocycles. The van der Waals surface area contributed by atoms with Crippen LogP contribution in [0.4, 0.5) is 0 Å².